The highest BCUT2D eigenvalue weighted by Gasteiger charge is 2.57. The van der Waals surface area contributed by atoms with Crippen molar-refractivity contribution < 1.29 is 23.8 Å². The Hall–Kier alpha value is -3.62. The number of ether oxygens (including phenoxy) is 3. The Kier molecular flexibility index (Phi) is 5.16. The minimum absolute atomic E-state index is 0.111. The van der Waals surface area contributed by atoms with Gasteiger partial charge in [-0.25, -0.2) is 4.79 Å². The third kappa shape index (κ3) is 3.52. The highest BCUT2D eigenvalue weighted by atomic mass is 35.5. The lowest BCUT2D eigenvalue weighted by Crippen LogP contribution is -2.45. The Morgan fingerprint density at radius 1 is 0.943 bits per heavy atom. The van der Waals surface area contributed by atoms with Gasteiger partial charge in [-0.3, -0.25) is 4.79 Å². The molecule has 1 atom stereocenters. The fourth-order valence-electron chi connectivity index (χ4n) is 4.87. The first-order chi connectivity index (χ1) is 17.0. The molecule has 0 fully saturated rings. The summed E-state index contributed by atoms with van der Waals surface area (Å²) in [5.74, 6) is 1.70. The number of hydrogen-bond donors (Lipinski definition) is 2. The Labute approximate surface area is 210 Å². The molecule has 3 aliphatic rings. The van der Waals surface area contributed by atoms with Crippen LogP contribution in [0, 0.1) is 0 Å². The van der Waals surface area contributed by atoms with Crippen molar-refractivity contribution in [3.8, 4) is 17.2 Å². The van der Waals surface area contributed by atoms with Gasteiger partial charge in [0.2, 0.25) is 12.7 Å². The molecule has 0 aromatic heterocycles. The molecular weight excluding hydrogens is 493 g/mol. The van der Waals surface area contributed by atoms with Crippen molar-refractivity contribution in [3.63, 3.8) is 0 Å². The highest BCUT2D eigenvalue weighted by Crippen LogP contribution is 2.54. The van der Waals surface area contributed by atoms with Crippen molar-refractivity contribution >= 4 is 46.5 Å². The molecule has 10 heteroatoms. The molecule has 0 saturated heterocycles. The van der Waals surface area contributed by atoms with E-state index in [2.05, 4.69) is 10.6 Å². The van der Waals surface area contributed by atoms with Crippen LogP contribution in [0.4, 0.5) is 16.2 Å². The summed E-state index contributed by atoms with van der Waals surface area (Å²) in [7, 11) is 0. The quantitative estimate of drug-likeness (QED) is 0.535. The van der Waals surface area contributed by atoms with E-state index >= 15 is 0 Å². The number of fused-ring (bicyclic) bond motifs is 5. The van der Waals surface area contributed by atoms with Crippen molar-refractivity contribution in [2.75, 3.05) is 36.7 Å². The van der Waals surface area contributed by atoms with Crippen molar-refractivity contribution in [2.45, 2.75) is 5.41 Å². The first-order valence-electron chi connectivity index (χ1n) is 10.9. The van der Waals surface area contributed by atoms with Crippen LogP contribution in [0.25, 0.3) is 0 Å². The van der Waals surface area contributed by atoms with Crippen LogP contribution >= 0.6 is 23.2 Å². The molecule has 2 N–H and O–H groups in total. The predicted octanol–water partition coefficient (Wildman–Crippen LogP) is 4.57. The first kappa shape index (κ1) is 21.9. The summed E-state index contributed by atoms with van der Waals surface area (Å²) in [5.41, 5.74) is 1.90. The molecule has 6 rings (SSSR count). The SMILES string of the molecule is O=C(NCCN1C(=O)C2(COc3cc4c(cc32)OCO4)c2ccccc21)Nc1cc(Cl)cc(Cl)c1. The molecule has 0 radical (unpaired) electrons. The largest absolute Gasteiger partial charge is 0.491 e. The zero-order valence-electron chi connectivity index (χ0n) is 18.3. The molecule has 3 aliphatic heterocycles. The minimum atomic E-state index is -0.979. The van der Waals surface area contributed by atoms with Crippen molar-refractivity contribution in [2.24, 2.45) is 0 Å². The molecule has 3 heterocycles. The lowest BCUT2D eigenvalue weighted by atomic mass is 9.77. The Morgan fingerprint density at radius 2 is 1.69 bits per heavy atom. The van der Waals surface area contributed by atoms with Gasteiger partial charge in [0.15, 0.2) is 11.5 Å². The van der Waals surface area contributed by atoms with Gasteiger partial charge in [0.25, 0.3) is 0 Å². The van der Waals surface area contributed by atoms with E-state index in [4.69, 9.17) is 37.4 Å². The molecule has 8 nitrogen and oxygen atoms in total. The molecule has 3 amide bonds. The summed E-state index contributed by atoms with van der Waals surface area (Å²) in [5, 5.41) is 6.31. The molecular formula is C25H19Cl2N3O5. The number of para-hydroxylation sites is 1. The van der Waals surface area contributed by atoms with Gasteiger partial charge in [0, 0.05) is 46.1 Å². The number of anilines is 2. The van der Waals surface area contributed by atoms with Crippen LogP contribution < -0.4 is 29.7 Å². The molecule has 0 saturated carbocycles. The third-order valence-electron chi connectivity index (χ3n) is 6.39. The van der Waals surface area contributed by atoms with Crippen molar-refractivity contribution in [1.29, 1.82) is 0 Å². The van der Waals surface area contributed by atoms with Crippen LogP contribution in [0.1, 0.15) is 11.1 Å². The van der Waals surface area contributed by atoms with Gasteiger partial charge in [-0.15, -0.1) is 0 Å². The van der Waals surface area contributed by atoms with Crippen LogP contribution in [0.15, 0.2) is 54.6 Å². The van der Waals surface area contributed by atoms with Gasteiger partial charge in [-0.2, -0.15) is 0 Å². The fraction of sp³-hybridized carbons (Fsp3) is 0.200. The average molecular weight is 512 g/mol. The van der Waals surface area contributed by atoms with Gasteiger partial charge in [0.05, 0.1) is 0 Å². The second-order valence-corrected chi connectivity index (χ2v) is 9.28. The maximum atomic E-state index is 13.9. The second kappa shape index (κ2) is 8.25. The van der Waals surface area contributed by atoms with Crippen molar-refractivity contribution in [3.05, 3.63) is 75.8 Å². The number of hydrogen-bond acceptors (Lipinski definition) is 5. The average Bonchev–Trinajstić information content (AvgIpc) is 3.49. The Bertz CT molecular complexity index is 1360. The maximum Gasteiger partial charge on any atom is 0.319 e. The summed E-state index contributed by atoms with van der Waals surface area (Å²) in [6.45, 7) is 0.824. The Morgan fingerprint density at radius 3 is 2.49 bits per heavy atom. The van der Waals surface area contributed by atoms with Crippen LogP contribution in [-0.4, -0.2) is 38.4 Å². The predicted molar refractivity (Wildman–Crippen MR) is 131 cm³/mol. The number of nitrogens with one attached hydrogen (secondary N) is 2. The second-order valence-electron chi connectivity index (χ2n) is 8.41. The van der Waals surface area contributed by atoms with Gasteiger partial charge in [-0.05, 0) is 35.9 Å². The molecule has 0 bridgehead atoms. The summed E-state index contributed by atoms with van der Waals surface area (Å²) in [4.78, 5) is 28.0. The van der Waals surface area contributed by atoms with Crippen LogP contribution in [0.5, 0.6) is 17.2 Å². The summed E-state index contributed by atoms with van der Waals surface area (Å²) in [6.07, 6.45) is 0. The van der Waals surface area contributed by atoms with Crippen LogP contribution in [-0.2, 0) is 10.2 Å². The molecule has 1 unspecified atom stereocenters. The number of nitrogens with zero attached hydrogens (tertiary/aromatic N) is 1. The van der Waals surface area contributed by atoms with E-state index in [1.807, 2.05) is 30.3 Å². The van der Waals surface area contributed by atoms with E-state index < -0.39 is 11.4 Å². The molecule has 178 valence electrons. The van der Waals surface area contributed by atoms with Gasteiger partial charge in [0.1, 0.15) is 17.8 Å². The number of carbonyl (C=O) groups is 2. The van der Waals surface area contributed by atoms with E-state index in [9.17, 15) is 9.59 Å². The van der Waals surface area contributed by atoms with E-state index in [0.29, 0.717) is 33.0 Å². The topological polar surface area (TPSA) is 89.1 Å². The summed E-state index contributed by atoms with van der Waals surface area (Å²) in [6, 6.07) is 15.6. The van der Waals surface area contributed by atoms with Crippen molar-refractivity contribution in [1.82, 2.24) is 5.32 Å². The summed E-state index contributed by atoms with van der Waals surface area (Å²) < 4.78 is 17.0. The van der Waals surface area contributed by atoms with Gasteiger partial charge >= 0.3 is 6.03 Å². The van der Waals surface area contributed by atoms with E-state index in [-0.39, 0.29) is 32.4 Å². The summed E-state index contributed by atoms with van der Waals surface area (Å²) >= 11 is 12.0. The van der Waals surface area contributed by atoms with Crippen LogP contribution in [0.2, 0.25) is 10.0 Å². The monoisotopic (exact) mass is 511 g/mol. The van der Waals surface area contributed by atoms with E-state index in [1.54, 1.807) is 29.2 Å². The number of rotatable bonds is 4. The standard InChI is InChI=1S/C25H19Cl2N3O5/c26-14-7-15(27)9-16(8-14)29-24(32)28-5-6-30-19-4-2-1-3-17(19)25(23(30)31)12-33-20-11-22-21(10-18(20)25)34-13-35-22/h1-4,7-11H,5-6,12-13H2,(H2,28,29,32). The molecule has 35 heavy (non-hydrogen) atoms. The molecule has 1 spiro atoms. The van der Waals surface area contributed by atoms with E-state index in [0.717, 1.165) is 16.8 Å². The smallest absolute Gasteiger partial charge is 0.319 e. The molecule has 3 aromatic rings. The number of carbonyl (C=O) groups excluding carboxylic acids is 2. The lowest BCUT2D eigenvalue weighted by Gasteiger charge is -2.23. The Balaban J connectivity index is 1.22. The number of benzene rings is 3. The van der Waals surface area contributed by atoms with Gasteiger partial charge < -0.3 is 29.7 Å². The number of halogens is 2. The highest BCUT2D eigenvalue weighted by molar-refractivity contribution is 6.35. The van der Waals surface area contributed by atoms with Crippen LogP contribution in [0.3, 0.4) is 0 Å². The first-order valence-corrected chi connectivity index (χ1v) is 11.7. The zero-order chi connectivity index (χ0) is 24.2. The lowest BCUT2D eigenvalue weighted by molar-refractivity contribution is -0.122. The van der Waals surface area contributed by atoms with Gasteiger partial charge in [-0.1, -0.05) is 41.4 Å². The normalized spacial score (nSPS) is 18.9. The fourth-order valence-corrected chi connectivity index (χ4v) is 5.40. The molecule has 3 aromatic carbocycles. The molecule has 0 aliphatic carbocycles. The maximum absolute atomic E-state index is 13.9. The number of urea groups is 1. The minimum Gasteiger partial charge on any atom is -0.491 e. The third-order valence-corrected chi connectivity index (χ3v) is 6.82. The number of amides is 3. The van der Waals surface area contributed by atoms with E-state index in [1.165, 1.54) is 0 Å². The zero-order valence-corrected chi connectivity index (χ0v) is 19.8.